The topological polar surface area (TPSA) is 26.3 Å². The average molecular weight is 336 g/mol. The standard InChI is InChI=1S/C23H28O2/c1-22-7-5-14-13-4-3-12(24)9-15(13)16-10-17(16)20(14)21(22)18-11-19(18)23(22)6-2-8-25-23/h2,6,9,13-14,16-21H,3-5,7-8,10-11H2,1H3/t13-,14?,16?,17?,18?,19?,20?,21?,22+,23+/m1/s1. The van der Waals surface area contributed by atoms with Crippen molar-refractivity contribution in [1.29, 1.82) is 0 Å². The minimum absolute atomic E-state index is 0.0797. The Morgan fingerprint density at radius 3 is 2.88 bits per heavy atom. The summed E-state index contributed by atoms with van der Waals surface area (Å²) < 4.78 is 6.51. The van der Waals surface area contributed by atoms with Crippen molar-refractivity contribution in [3.8, 4) is 0 Å². The van der Waals surface area contributed by atoms with E-state index in [1.165, 1.54) is 25.7 Å². The molecule has 0 radical (unpaired) electrons. The Morgan fingerprint density at radius 2 is 2.04 bits per heavy atom. The summed E-state index contributed by atoms with van der Waals surface area (Å²) in [4.78, 5) is 12.0. The van der Waals surface area contributed by atoms with Crippen LogP contribution >= 0.6 is 0 Å². The van der Waals surface area contributed by atoms with Gasteiger partial charge in [0.2, 0.25) is 0 Å². The summed E-state index contributed by atoms with van der Waals surface area (Å²) in [7, 11) is 0. The molecule has 2 nitrogen and oxygen atoms in total. The molecule has 1 aliphatic heterocycles. The maximum Gasteiger partial charge on any atom is 0.155 e. The molecule has 10 atom stereocenters. The molecule has 6 aliphatic carbocycles. The molecular formula is C23H28O2. The number of hydrogen-bond acceptors (Lipinski definition) is 2. The minimum Gasteiger partial charge on any atom is -0.366 e. The van der Waals surface area contributed by atoms with Gasteiger partial charge in [0.05, 0.1) is 12.2 Å². The van der Waals surface area contributed by atoms with Gasteiger partial charge in [0.15, 0.2) is 5.78 Å². The summed E-state index contributed by atoms with van der Waals surface area (Å²) in [5, 5.41) is 0. The first-order valence-electron chi connectivity index (χ1n) is 10.7. The molecule has 7 unspecified atom stereocenters. The Balaban J connectivity index is 1.33. The number of ether oxygens (including phenoxy) is 1. The molecule has 132 valence electrons. The zero-order valence-electron chi connectivity index (χ0n) is 15.1. The number of rotatable bonds is 0. The number of carbonyl (C=O) groups excluding carboxylic acids is 1. The van der Waals surface area contributed by atoms with Crippen LogP contribution in [0.1, 0.15) is 45.4 Å². The van der Waals surface area contributed by atoms with Crippen molar-refractivity contribution in [2.45, 2.75) is 51.0 Å². The van der Waals surface area contributed by atoms with Gasteiger partial charge in [-0.15, -0.1) is 0 Å². The highest BCUT2D eigenvalue weighted by Gasteiger charge is 2.78. The van der Waals surface area contributed by atoms with Crippen molar-refractivity contribution < 1.29 is 9.53 Å². The predicted octanol–water partition coefficient (Wildman–Crippen LogP) is 4.17. The molecule has 1 heterocycles. The van der Waals surface area contributed by atoms with Gasteiger partial charge in [-0.3, -0.25) is 4.79 Å². The summed E-state index contributed by atoms with van der Waals surface area (Å²) in [6.07, 6.45) is 14.3. The van der Waals surface area contributed by atoms with Crippen LogP contribution in [-0.4, -0.2) is 18.0 Å². The number of fused-ring (bicyclic) bond motifs is 12. The van der Waals surface area contributed by atoms with Gasteiger partial charge in [0.25, 0.3) is 0 Å². The van der Waals surface area contributed by atoms with Crippen LogP contribution in [0.25, 0.3) is 0 Å². The molecule has 2 heteroatoms. The molecule has 0 bridgehead atoms. The molecule has 5 saturated carbocycles. The quantitative estimate of drug-likeness (QED) is 0.621. The molecule has 0 N–H and O–H groups in total. The van der Waals surface area contributed by atoms with Crippen molar-refractivity contribution in [2.24, 2.45) is 52.8 Å². The van der Waals surface area contributed by atoms with Gasteiger partial charge in [-0.05, 0) is 85.5 Å². The zero-order valence-corrected chi connectivity index (χ0v) is 15.1. The minimum atomic E-state index is 0.0797. The molecule has 7 rings (SSSR count). The highest BCUT2D eigenvalue weighted by molar-refractivity contribution is 5.91. The molecule has 0 aromatic carbocycles. The smallest absolute Gasteiger partial charge is 0.155 e. The van der Waals surface area contributed by atoms with Gasteiger partial charge >= 0.3 is 0 Å². The first-order valence-corrected chi connectivity index (χ1v) is 10.7. The van der Waals surface area contributed by atoms with E-state index in [-0.39, 0.29) is 5.60 Å². The van der Waals surface area contributed by atoms with Gasteiger partial charge in [-0.2, -0.15) is 0 Å². The Morgan fingerprint density at radius 1 is 1.12 bits per heavy atom. The fourth-order valence-electron chi connectivity index (χ4n) is 9.05. The highest BCUT2D eigenvalue weighted by atomic mass is 16.5. The van der Waals surface area contributed by atoms with E-state index in [4.69, 9.17) is 4.74 Å². The summed E-state index contributed by atoms with van der Waals surface area (Å²) in [6.45, 7) is 3.42. The molecule has 0 saturated heterocycles. The Kier molecular flexibility index (Phi) is 2.36. The SMILES string of the molecule is C[C@]12CCC3C(C4CC4C4=CC(=O)CC[C@@H]43)C1C1CC1[C@@]21C=CCO1. The monoisotopic (exact) mass is 336 g/mol. The molecule has 7 aliphatic rings. The van der Waals surface area contributed by atoms with Crippen molar-refractivity contribution in [1.82, 2.24) is 0 Å². The first kappa shape index (κ1) is 14.2. The molecule has 0 amide bonds. The van der Waals surface area contributed by atoms with E-state index in [0.29, 0.717) is 11.2 Å². The van der Waals surface area contributed by atoms with Crippen molar-refractivity contribution in [3.05, 3.63) is 23.8 Å². The van der Waals surface area contributed by atoms with Crippen LogP contribution in [0.2, 0.25) is 0 Å². The molecular weight excluding hydrogens is 308 g/mol. The second-order valence-corrected chi connectivity index (χ2v) is 10.5. The summed E-state index contributed by atoms with van der Waals surface area (Å²) >= 11 is 0. The molecule has 5 fully saturated rings. The number of carbonyl (C=O) groups is 1. The third-order valence-electron chi connectivity index (χ3n) is 9.91. The first-order chi connectivity index (χ1) is 12.1. The lowest BCUT2D eigenvalue weighted by molar-refractivity contribution is -0.134. The molecule has 25 heavy (non-hydrogen) atoms. The van der Waals surface area contributed by atoms with Crippen LogP contribution in [0.15, 0.2) is 23.8 Å². The van der Waals surface area contributed by atoms with Crippen molar-refractivity contribution in [2.75, 3.05) is 6.61 Å². The summed E-state index contributed by atoms with van der Waals surface area (Å²) in [6, 6.07) is 0. The third kappa shape index (κ3) is 1.46. The fraction of sp³-hybridized carbons (Fsp3) is 0.783. The van der Waals surface area contributed by atoms with Crippen LogP contribution in [0, 0.1) is 52.8 Å². The van der Waals surface area contributed by atoms with Crippen LogP contribution in [0.4, 0.5) is 0 Å². The van der Waals surface area contributed by atoms with E-state index in [1.807, 2.05) is 0 Å². The summed E-state index contributed by atoms with van der Waals surface area (Å²) in [5.41, 5.74) is 2.03. The maximum absolute atomic E-state index is 12.0. The van der Waals surface area contributed by atoms with Gasteiger partial charge in [-0.25, -0.2) is 0 Å². The third-order valence-corrected chi connectivity index (χ3v) is 9.91. The number of ketones is 1. The normalized spacial score (nSPS) is 62.6. The molecule has 0 aromatic heterocycles. The van der Waals surface area contributed by atoms with Crippen molar-refractivity contribution in [3.63, 3.8) is 0 Å². The second kappa shape index (κ2) is 4.16. The van der Waals surface area contributed by atoms with Crippen LogP contribution < -0.4 is 0 Å². The van der Waals surface area contributed by atoms with E-state index in [0.717, 1.165) is 66.8 Å². The van der Waals surface area contributed by atoms with E-state index in [9.17, 15) is 4.79 Å². The van der Waals surface area contributed by atoms with Gasteiger partial charge in [0, 0.05) is 11.8 Å². The van der Waals surface area contributed by atoms with Gasteiger partial charge < -0.3 is 4.74 Å². The van der Waals surface area contributed by atoms with E-state index < -0.39 is 0 Å². The molecule has 0 aromatic rings. The number of hydrogen-bond donors (Lipinski definition) is 0. The predicted molar refractivity (Wildman–Crippen MR) is 94.6 cm³/mol. The highest BCUT2D eigenvalue weighted by Crippen LogP contribution is 2.80. The molecule has 1 spiro atoms. The lowest BCUT2D eigenvalue weighted by Crippen LogP contribution is -2.55. The Bertz CT molecular complexity index is 749. The van der Waals surface area contributed by atoms with E-state index >= 15 is 0 Å². The van der Waals surface area contributed by atoms with Crippen LogP contribution in [0.5, 0.6) is 0 Å². The number of allylic oxidation sites excluding steroid dienone is 1. The largest absolute Gasteiger partial charge is 0.366 e. The van der Waals surface area contributed by atoms with Gasteiger partial charge in [-0.1, -0.05) is 24.6 Å². The Hall–Kier alpha value is -0.890. The fourth-order valence-corrected chi connectivity index (χ4v) is 9.05. The van der Waals surface area contributed by atoms with Crippen LogP contribution in [0.3, 0.4) is 0 Å². The summed E-state index contributed by atoms with van der Waals surface area (Å²) in [5.74, 6) is 7.21. The maximum atomic E-state index is 12.0. The van der Waals surface area contributed by atoms with E-state index in [1.54, 1.807) is 5.57 Å². The van der Waals surface area contributed by atoms with Gasteiger partial charge in [0.1, 0.15) is 0 Å². The van der Waals surface area contributed by atoms with Crippen LogP contribution in [-0.2, 0) is 9.53 Å². The van der Waals surface area contributed by atoms with E-state index in [2.05, 4.69) is 25.2 Å². The Labute approximate surface area is 150 Å². The average Bonchev–Trinajstić information content (AvgIpc) is 3.50. The lowest BCUT2D eigenvalue weighted by atomic mass is 9.49. The zero-order chi connectivity index (χ0) is 16.6. The second-order valence-electron chi connectivity index (χ2n) is 10.5. The van der Waals surface area contributed by atoms with Crippen molar-refractivity contribution >= 4 is 5.78 Å². The lowest BCUT2D eigenvalue weighted by Gasteiger charge is -2.57.